The van der Waals surface area contributed by atoms with E-state index in [1.54, 1.807) is 12.1 Å². The van der Waals surface area contributed by atoms with Crippen molar-refractivity contribution in [1.29, 1.82) is 0 Å². The first kappa shape index (κ1) is 13.7. The Labute approximate surface area is 111 Å². The van der Waals surface area contributed by atoms with Crippen LogP contribution >= 0.6 is 0 Å². The van der Waals surface area contributed by atoms with E-state index in [1.165, 1.54) is 12.1 Å². The van der Waals surface area contributed by atoms with Crippen LogP contribution in [0.4, 0.5) is 8.78 Å². The zero-order valence-corrected chi connectivity index (χ0v) is 10.9. The van der Waals surface area contributed by atoms with E-state index < -0.39 is 12.5 Å². The van der Waals surface area contributed by atoms with Crippen molar-refractivity contribution in [3.05, 3.63) is 70.3 Å². The van der Waals surface area contributed by atoms with Crippen LogP contribution in [0.1, 0.15) is 40.3 Å². The maximum absolute atomic E-state index is 12.5. The van der Waals surface area contributed by atoms with E-state index in [0.29, 0.717) is 5.56 Å². The molecule has 2 aromatic carbocycles. The fraction of sp³-hybridized carbons (Fsp3) is 0.250. The summed E-state index contributed by atoms with van der Waals surface area (Å²) in [6, 6.07) is 11.5. The highest BCUT2D eigenvalue weighted by atomic mass is 19.3. The van der Waals surface area contributed by atoms with Gasteiger partial charge in [-0.2, -0.15) is 0 Å². The average molecular weight is 262 g/mol. The van der Waals surface area contributed by atoms with E-state index in [4.69, 9.17) is 0 Å². The lowest BCUT2D eigenvalue weighted by molar-refractivity contribution is 0.151. The van der Waals surface area contributed by atoms with Crippen LogP contribution in [-0.4, -0.2) is 5.11 Å². The maximum Gasteiger partial charge on any atom is 0.263 e. The molecule has 0 spiro atoms. The minimum Gasteiger partial charge on any atom is -0.384 e. The molecule has 1 atom stereocenters. The van der Waals surface area contributed by atoms with Crippen molar-refractivity contribution in [3.63, 3.8) is 0 Å². The van der Waals surface area contributed by atoms with Gasteiger partial charge in [0.1, 0.15) is 6.10 Å². The first-order valence-corrected chi connectivity index (χ1v) is 6.12. The summed E-state index contributed by atoms with van der Waals surface area (Å²) in [6.07, 6.45) is -3.26. The first-order valence-electron chi connectivity index (χ1n) is 6.12. The molecule has 0 aliphatic heterocycles. The third kappa shape index (κ3) is 2.99. The molecule has 19 heavy (non-hydrogen) atoms. The van der Waals surface area contributed by atoms with Gasteiger partial charge in [-0.05, 0) is 36.1 Å². The van der Waals surface area contributed by atoms with Gasteiger partial charge in [-0.15, -0.1) is 0 Å². The lowest BCUT2D eigenvalue weighted by Gasteiger charge is -2.13. The molecule has 0 fully saturated rings. The predicted octanol–water partition coefficient (Wildman–Crippen LogP) is 4.32. The Bertz CT molecular complexity index is 561. The molecule has 0 amide bonds. The Morgan fingerprint density at radius 1 is 0.789 bits per heavy atom. The molecule has 2 rings (SSSR count). The average Bonchev–Trinajstić information content (AvgIpc) is 2.41. The van der Waals surface area contributed by atoms with Gasteiger partial charge in [-0.1, -0.05) is 42.5 Å². The van der Waals surface area contributed by atoms with Crippen LogP contribution < -0.4 is 0 Å². The second-order valence-corrected chi connectivity index (χ2v) is 4.71. The van der Waals surface area contributed by atoms with E-state index in [-0.39, 0.29) is 5.56 Å². The molecule has 3 heteroatoms. The third-order valence-corrected chi connectivity index (χ3v) is 3.35. The maximum atomic E-state index is 12.5. The molecule has 0 heterocycles. The summed E-state index contributed by atoms with van der Waals surface area (Å²) in [6.45, 7) is 3.98. The first-order chi connectivity index (χ1) is 8.99. The van der Waals surface area contributed by atoms with Gasteiger partial charge in [0.2, 0.25) is 0 Å². The van der Waals surface area contributed by atoms with Crippen molar-refractivity contribution < 1.29 is 13.9 Å². The van der Waals surface area contributed by atoms with Gasteiger partial charge in [0.25, 0.3) is 6.43 Å². The molecule has 0 bridgehead atoms. The normalized spacial score (nSPS) is 12.7. The van der Waals surface area contributed by atoms with E-state index in [9.17, 15) is 13.9 Å². The molecule has 2 aromatic rings. The molecule has 0 aliphatic rings. The lowest BCUT2D eigenvalue weighted by Crippen LogP contribution is -2.01. The Morgan fingerprint density at radius 3 is 1.84 bits per heavy atom. The molecule has 0 aromatic heterocycles. The fourth-order valence-electron chi connectivity index (χ4n) is 1.95. The van der Waals surface area contributed by atoms with E-state index in [1.807, 2.05) is 32.0 Å². The molecule has 100 valence electrons. The smallest absolute Gasteiger partial charge is 0.263 e. The standard InChI is InChI=1S/C16H16F2O/c1-10-3-4-14(9-11(10)2)15(19)12-5-7-13(8-6-12)16(17)18/h3-9,15-16,19H,1-2H3. The molecule has 0 aliphatic carbocycles. The molecule has 1 nitrogen and oxygen atoms in total. The summed E-state index contributed by atoms with van der Waals surface area (Å²) in [5.41, 5.74) is 3.61. The SMILES string of the molecule is Cc1ccc(C(O)c2ccc(C(F)F)cc2)cc1C. The van der Waals surface area contributed by atoms with Crippen LogP contribution in [0.15, 0.2) is 42.5 Å². The van der Waals surface area contributed by atoms with Gasteiger partial charge in [0, 0.05) is 5.56 Å². The summed E-state index contributed by atoms with van der Waals surface area (Å²) in [7, 11) is 0. The Morgan fingerprint density at radius 2 is 1.32 bits per heavy atom. The summed E-state index contributed by atoms with van der Waals surface area (Å²) in [5.74, 6) is 0. The second kappa shape index (κ2) is 5.49. The molecule has 1 N–H and O–H groups in total. The van der Waals surface area contributed by atoms with Crippen molar-refractivity contribution in [1.82, 2.24) is 0 Å². The minimum absolute atomic E-state index is 0.0314. The number of hydrogen-bond donors (Lipinski definition) is 1. The highest BCUT2D eigenvalue weighted by Gasteiger charge is 2.12. The van der Waals surface area contributed by atoms with Crippen molar-refractivity contribution >= 4 is 0 Å². The van der Waals surface area contributed by atoms with Crippen molar-refractivity contribution in [2.24, 2.45) is 0 Å². The molecule has 0 saturated carbocycles. The van der Waals surface area contributed by atoms with Crippen LogP contribution in [-0.2, 0) is 0 Å². The zero-order valence-electron chi connectivity index (χ0n) is 10.9. The van der Waals surface area contributed by atoms with Crippen LogP contribution in [0, 0.1) is 13.8 Å². The quantitative estimate of drug-likeness (QED) is 0.873. The predicted molar refractivity (Wildman–Crippen MR) is 71.4 cm³/mol. The summed E-state index contributed by atoms with van der Waals surface area (Å²) in [4.78, 5) is 0. The number of alkyl halides is 2. The number of aryl methyl sites for hydroxylation is 2. The van der Waals surface area contributed by atoms with E-state index in [0.717, 1.165) is 16.7 Å². The summed E-state index contributed by atoms with van der Waals surface area (Å²) in [5, 5.41) is 10.2. The second-order valence-electron chi connectivity index (χ2n) is 4.71. The number of aliphatic hydroxyl groups excluding tert-OH is 1. The molecule has 0 saturated heterocycles. The number of halogens is 2. The highest BCUT2D eigenvalue weighted by molar-refractivity contribution is 5.36. The minimum atomic E-state index is -2.48. The number of rotatable bonds is 3. The Kier molecular flexibility index (Phi) is 3.96. The number of benzene rings is 2. The van der Waals surface area contributed by atoms with Gasteiger partial charge >= 0.3 is 0 Å². The Balaban J connectivity index is 2.27. The van der Waals surface area contributed by atoms with Gasteiger partial charge < -0.3 is 5.11 Å². The Hall–Kier alpha value is -1.74. The van der Waals surface area contributed by atoms with Crippen LogP contribution in [0.5, 0.6) is 0 Å². The van der Waals surface area contributed by atoms with Gasteiger partial charge in [0.05, 0.1) is 0 Å². The monoisotopic (exact) mass is 262 g/mol. The van der Waals surface area contributed by atoms with E-state index >= 15 is 0 Å². The molecule has 1 unspecified atom stereocenters. The fourth-order valence-corrected chi connectivity index (χ4v) is 1.95. The van der Waals surface area contributed by atoms with Crippen molar-refractivity contribution in [2.45, 2.75) is 26.4 Å². The molecular weight excluding hydrogens is 246 g/mol. The van der Waals surface area contributed by atoms with Crippen molar-refractivity contribution in [3.8, 4) is 0 Å². The largest absolute Gasteiger partial charge is 0.384 e. The van der Waals surface area contributed by atoms with Crippen LogP contribution in [0.25, 0.3) is 0 Å². The summed E-state index contributed by atoms with van der Waals surface area (Å²) >= 11 is 0. The lowest BCUT2D eigenvalue weighted by atomic mass is 9.97. The number of aliphatic hydroxyl groups is 1. The van der Waals surface area contributed by atoms with Gasteiger partial charge in [-0.3, -0.25) is 0 Å². The molecular formula is C16H16F2O. The van der Waals surface area contributed by atoms with E-state index in [2.05, 4.69) is 0 Å². The van der Waals surface area contributed by atoms with Crippen LogP contribution in [0.2, 0.25) is 0 Å². The zero-order chi connectivity index (χ0) is 14.0. The van der Waals surface area contributed by atoms with Gasteiger partial charge in [-0.25, -0.2) is 8.78 Å². The van der Waals surface area contributed by atoms with Crippen molar-refractivity contribution in [2.75, 3.05) is 0 Å². The summed E-state index contributed by atoms with van der Waals surface area (Å²) < 4.78 is 24.9. The topological polar surface area (TPSA) is 20.2 Å². The molecule has 0 radical (unpaired) electrons. The van der Waals surface area contributed by atoms with Crippen LogP contribution in [0.3, 0.4) is 0 Å². The highest BCUT2D eigenvalue weighted by Crippen LogP contribution is 2.26. The third-order valence-electron chi connectivity index (χ3n) is 3.35. The van der Waals surface area contributed by atoms with Gasteiger partial charge in [0.15, 0.2) is 0 Å². The number of hydrogen-bond acceptors (Lipinski definition) is 1.